The Morgan fingerprint density at radius 2 is 1.90 bits per heavy atom. The van der Waals surface area contributed by atoms with Gasteiger partial charge in [-0.25, -0.2) is 8.78 Å². The van der Waals surface area contributed by atoms with Gasteiger partial charge in [-0.05, 0) is 24.5 Å². The molecule has 1 aromatic carbocycles. The normalized spacial score (nSPS) is 23.4. The van der Waals surface area contributed by atoms with Gasteiger partial charge >= 0.3 is 0 Å². The van der Waals surface area contributed by atoms with Crippen LogP contribution in [0.1, 0.15) is 33.6 Å². The number of hydrogen-bond donors (Lipinski definition) is 1. The van der Waals surface area contributed by atoms with Crippen molar-refractivity contribution in [3.8, 4) is 0 Å². The second-order valence-electron chi connectivity index (χ2n) is 5.99. The van der Waals surface area contributed by atoms with Gasteiger partial charge in [0.1, 0.15) is 11.6 Å². The minimum Gasteiger partial charge on any atom is -0.365 e. The molecule has 0 aliphatic carbocycles. The average molecular weight is 282 g/mol. The first-order chi connectivity index (χ1) is 9.51. The molecule has 20 heavy (non-hydrogen) atoms. The van der Waals surface area contributed by atoms with Crippen molar-refractivity contribution in [3.05, 3.63) is 29.8 Å². The molecular weight excluding hydrogens is 258 g/mol. The molecular formula is C16H24F2N2. The summed E-state index contributed by atoms with van der Waals surface area (Å²) < 4.78 is 26.9. The smallest absolute Gasteiger partial charge is 0.128 e. The fourth-order valence-electron chi connectivity index (χ4n) is 2.97. The van der Waals surface area contributed by atoms with Crippen molar-refractivity contribution in [3.63, 3.8) is 0 Å². The molecule has 1 N–H and O–H groups in total. The first-order valence-corrected chi connectivity index (χ1v) is 7.47. The third-order valence-corrected chi connectivity index (χ3v) is 4.02. The quantitative estimate of drug-likeness (QED) is 0.908. The molecule has 2 rings (SSSR count). The van der Waals surface area contributed by atoms with Crippen LogP contribution in [0.2, 0.25) is 0 Å². The number of benzene rings is 1. The van der Waals surface area contributed by atoms with Crippen LogP contribution in [0.15, 0.2) is 18.2 Å². The number of nitrogens with zero attached hydrogens (tertiary/aromatic N) is 1. The van der Waals surface area contributed by atoms with Gasteiger partial charge in [-0.1, -0.05) is 27.2 Å². The van der Waals surface area contributed by atoms with Crippen molar-refractivity contribution in [1.82, 2.24) is 5.32 Å². The van der Waals surface area contributed by atoms with Crippen LogP contribution in [0.25, 0.3) is 0 Å². The van der Waals surface area contributed by atoms with Crippen LogP contribution in [0.4, 0.5) is 14.5 Å². The lowest BCUT2D eigenvalue weighted by molar-refractivity contribution is 0.327. The van der Waals surface area contributed by atoms with Crippen LogP contribution in [-0.2, 0) is 0 Å². The zero-order valence-electron chi connectivity index (χ0n) is 12.5. The minimum absolute atomic E-state index is 0.268. The first-order valence-electron chi connectivity index (χ1n) is 7.47. The summed E-state index contributed by atoms with van der Waals surface area (Å²) in [6.07, 6.45) is 2.19. The summed E-state index contributed by atoms with van der Waals surface area (Å²) >= 11 is 0. The number of halogens is 2. The lowest BCUT2D eigenvalue weighted by atomic mass is 9.96. The summed E-state index contributed by atoms with van der Waals surface area (Å²) in [6.45, 7) is 8.12. The van der Waals surface area contributed by atoms with E-state index < -0.39 is 11.6 Å². The second-order valence-corrected chi connectivity index (χ2v) is 5.99. The Bertz CT molecular complexity index is 428. The Hall–Kier alpha value is -1.16. The van der Waals surface area contributed by atoms with Crippen LogP contribution >= 0.6 is 0 Å². The molecule has 0 spiro atoms. The van der Waals surface area contributed by atoms with Crippen LogP contribution in [0.5, 0.6) is 0 Å². The number of piperazine rings is 1. The Balaban J connectivity index is 2.26. The van der Waals surface area contributed by atoms with Gasteiger partial charge in [-0.2, -0.15) is 0 Å². The van der Waals surface area contributed by atoms with E-state index in [1.807, 2.05) is 0 Å². The fraction of sp³-hybridized carbons (Fsp3) is 0.625. The minimum atomic E-state index is -0.506. The summed E-state index contributed by atoms with van der Waals surface area (Å²) in [6, 6.07) is 4.46. The lowest BCUT2D eigenvalue weighted by Crippen LogP contribution is -2.58. The van der Waals surface area contributed by atoms with E-state index >= 15 is 0 Å². The van der Waals surface area contributed by atoms with Gasteiger partial charge < -0.3 is 10.2 Å². The average Bonchev–Trinajstić information content (AvgIpc) is 2.37. The van der Waals surface area contributed by atoms with Crippen LogP contribution in [0.3, 0.4) is 0 Å². The first kappa shape index (κ1) is 15.2. The van der Waals surface area contributed by atoms with Gasteiger partial charge in [0.15, 0.2) is 0 Å². The summed E-state index contributed by atoms with van der Waals surface area (Å²) in [7, 11) is 0. The van der Waals surface area contributed by atoms with Gasteiger partial charge in [0.05, 0.1) is 0 Å². The summed E-state index contributed by atoms with van der Waals surface area (Å²) in [5.74, 6) is -0.586. The number of anilines is 1. The van der Waals surface area contributed by atoms with Crippen LogP contribution in [-0.4, -0.2) is 25.2 Å². The monoisotopic (exact) mass is 282 g/mol. The van der Waals surface area contributed by atoms with Crippen molar-refractivity contribution in [2.45, 2.75) is 45.7 Å². The topological polar surface area (TPSA) is 15.3 Å². The number of nitrogens with one attached hydrogen (secondary N) is 1. The highest BCUT2D eigenvalue weighted by Gasteiger charge is 2.30. The third kappa shape index (κ3) is 3.48. The predicted octanol–water partition coefficient (Wildman–Crippen LogP) is 3.57. The lowest BCUT2D eigenvalue weighted by Gasteiger charge is -2.44. The highest BCUT2D eigenvalue weighted by molar-refractivity contribution is 5.49. The van der Waals surface area contributed by atoms with E-state index in [4.69, 9.17) is 0 Å². The molecule has 1 aromatic rings. The predicted molar refractivity (Wildman–Crippen MR) is 79.0 cm³/mol. The van der Waals surface area contributed by atoms with Crippen molar-refractivity contribution in [2.75, 3.05) is 18.0 Å². The van der Waals surface area contributed by atoms with Crippen LogP contribution in [0, 0.1) is 17.6 Å². The molecule has 2 unspecified atom stereocenters. The fourth-order valence-corrected chi connectivity index (χ4v) is 2.97. The van der Waals surface area contributed by atoms with E-state index in [1.54, 1.807) is 0 Å². The molecule has 0 bridgehead atoms. The largest absolute Gasteiger partial charge is 0.365 e. The van der Waals surface area contributed by atoms with Gasteiger partial charge in [0, 0.05) is 36.9 Å². The summed E-state index contributed by atoms with van der Waals surface area (Å²) in [5.41, 5.74) is 0.656. The maximum Gasteiger partial charge on any atom is 0.128 e. The molecule has 0 amide bonds. The zero-order valence-corrected chi connectivity index (χ0v) is 12.5. The molecule has 1 heterocycles. The molecule has 0 radical (unpaired) electrons. The standard InChI is InChI=1S/C16H24F2N2/c1-4-5-14-10-20(16(9-19-14)11(2)3)15-7-12(17)6-13(18)8-15/h6-8,11,14,16,19H,4-5,9-10H2,1-3H3. The molecule has 0 aromatic heterocycles. The van der Waals surface area contributed by atoms with Gasteiger partial charge in [-0.3, -0.25) is 0 Å². The Kier molecular flexibility index (Phi) is 4.97. The van der Waals surface area contributed by atoms with Crippen molar-refractivity contribution in [1.29, 1.82) is 0 Å². The maximum atomic E-state index is 13.5. The Morgan fingerprint density at radius 1 is 1.25 bits per heavy atom. The molecule has 1 fully saturated rings. The van der Waals surface area contributed by atoms with E-state index in [-0.39, 0.29) is 6.04 Å². The second kappa shape index (κ2) is 6.53. The highest BCUT2D eigenvalue weighted by Crippen LogP contribution is 2.26. The van der Waals surface area contributed by atoms with E-state index in [2.05, 4.69) is 31.0 Å². The van der Waals surface area contributed by atoms with Crippen molar-refractivity contribution >= 4 is 5.69 Å². The molecule has 0 saturated carbocycles. The number of rotatable bonds is 4. The zero-order chi connectivity index (χ0) is 14.7. The Labute approximate surface area is 120 Å². The van der Waals surface area contributed by atoms with Gasteiger partial charge in [-0.15, -0.1) is 0 Å². The van der Waals surface area contributed by atoms with Crippen molar-refractivity contribution < 1.29 is 8.78 Å². The van der Waals surface area contributed by atoms with E-state index in [0.717, 1.165) is 32.0 Å². The Morgan fingerprint density at radius 3 is 2.45 bits per heavy atom. The molecule has 4 heteroatoms. The van der Waals surface area contributed by atoms with E-state index in [9.17, 15) is 8.78 Å². The molecule has 2 nitrogen and oxygen atoms in total. The highest BCUT2D eigenvalue weighted by atomic mass is 19.1. The van der Waals surface area contributed by atoms with Crippen molar-refractivity contribution in [2.24, 2.45) is 5.92 Å². The molecule has 2 atom stereocenters. The van der Waals surface area contributed by atoms with E-state index in [1.165, 1.54) is 12.1 Å². The van der Waals surface area contributed by atoms with E-state index in [0.29, 0.717) is 17.6 Å². The molecule has 1 aliphatic heterocycles. The summed E-state index contributed by atoms with van der Waals surface area (Å²) in [4.78, 5) is 2.16. The molecule has 1 saturated heterocycles. The van der Waals surface area contributed by atoms with Crippen LogP contribution < -0.4 is 10.2 Å². The maximum absolute atomic E-state index is 13.5. The summed E-state index contributed by atoms with van der Waals surface area (Å²) in [5, 5.41) is 3.55. The third-order valence-electron chi connectivity index (χ3n) is 4.02. The number of hydrogen-bond acceptors (Lipinski definition) is 2. The van der Waals surface area contributed by atoms with Gasteiger partial charge in [0.25, 0.3) is 0 Å². The van der Waals surface area contributed by atoms with Gasteiger partial charge in [0.2, 0.25) is 0 Å². The molecule has 112 valence electrons. The molecule has 1 aliphatic rings. The SMILES string of the molecule is CCCC1CN(c2cc(F)cc(F)c2)C(C(C)C)CN1.